The van der Waals surface area contributed by atoms with Crippen LogP contribution in [0.15, 0.2) is 18.3 Å². The van der Waals surface area contributed by atoms with Gasteiger partial charge < -0.3 is 14.4 Å². The first kappa shape index (κ1) is 20.8. The van der Waals surface area contributed by atoms with Gasteiger partial charge in [0.05, 0.1) is 26.4 Å². The number of piperidine rings is 1. The molecule has 2 aromatic rings. The van der Waals surface area contributed by atoms with E-state index in [9.17, 15) is 9.18 Å². The summed E-state index contributed by atoms with van der Waals surface area (Å²) in [6.07, 6.45) is 2.96. The Balaban J connectivity index is 1.68. The fourth-order valence-electron chi connectivity index (χ4n) is 4.34. The van der Waals surface area contributed by atoms with E-state index < -0.39 is 17.3 Å². The number of tetrazole rings is 1. The van der Waals surface area contributed by atoms with Gasteiger partial charge in [-0.25, -0.2) is 14.1 Å². The minimum absolute atomic E-state index is 0.158. The molecule has 0 N–H and O–H groups in total. The zero-order valence-electron chi connectivity index (χ0n) is 17.0. The number of rotatable bonds is 6. The lowest BCUT2D eigenvalue weighted by Gasteiger charge is -2.49. The summed E-state index contributed by atoms with van der Waals surface area (Å²) in [7, 11) is 1.63. The fourth-order valence-corrected chi connectivity index (χ4v) is 4.34. The Kier molecular flexibility index (Phi) is 6.30. The van der Waals surface area contributed by atoms with Crippen molar-refractivity contribution in [3.63, 3.8) is 0 Å². The second-order valence-corrected chi connectivity index (χ2v) is 7.51. The maximum Gasteiger partial charge on any atom is 0.275 e. The van der Waals surface area contributed by atoms with E-state index in [4.69, 9.17) is 9.47 Å². The molecule has 0 aliphatic carbocycles. The Morgan fingerprint density at radius 1 is 1.33 bits per heavy atom. The molecule has 162 valence electrons. The van der Waals surface area contributed by atoms with Crippen molar-refractivity contribution in [1.29, 1.82) is 0 Å². The molecule has 0 bridgehead atoms. The maximum atomic E-state index is 14.2. The molecule has 2 aromatic heterocycles. The number of carbonyl (C=O) groups is 1. The molecule has 2 fully saturated rings. The van der Waals surface area contributed by atoms with Crippen molar-refractivity contribution >= 4 is 5.91 Å². The van der Waals surface area contributed by atoms with Gasteiger partial charge in [0.15, 0.2) is 17.3 Å². The second-order valence-electron chi connectivity index (χ2n) is 7.51. The van der Waals surface area contributed by atoms with Crippen molar-refractivity contribution in [3.8, 4) is 0 Å². The lowest BCUT2D eigenvalue weighted by atomic mass is 9.85. The van der Waals surface area contributed by atoms with E-state index in [0.717, 1.165) is 12.8 Å². The topological polar surface area (TPSA) is 98.5 Å². The molecule has 2 aliphatic rings. The molecule has 0 saturated carbocycles. The van der Waals surface area contributed by atoms with E-state index >= 15 is 0 Å². The first-order valence-electron chi connectivity index (χ1n) is 10.1. The summed E-state index contributed by atoms with van der Waals surface area (Å²) >= 11 is 0. The van der Waals surface area contributed by atoms with Crippen LogP contribution in [0.4, 0.5) is 4.39 Å². The predicted octanol–water partition coefficient (Wildman–Crippen LogP) is 0.317. The number of morpholine rings is 1. The van der Waals surface area contributed by atoms with Crippen LogP contribution in [-0.4, -0.2) is 94.0 Å². The molecule has 4 rings (SSSR count). The van der Waals surface area contributed by atoms with Gasteiger partial charge in [-0.3, -0.25) is 9.69 Å². The van der Waals surface area contributed by atoms with E-state index in [-0.39, 0.29) is 5.69 Å². The largest absolute Gasteiger partial charge is 0.383 e. The SMILES string of the molecule is COCCn1nnnc1C1(N2CCOCC2)CCCN(C(=O)c2ncccc2F)C1. The van der Waals surface area contributed by atoms with E-state index in [1.807, 2.05) is 0 Å². The number of amides is 1. The number of halogens is 1. The Morgan fingerprint density at radius 3 is 2.93 bits per heavy atom. The van der Waals surface area contributed by atoms with Gasteiger partial charge in [0.1, 0.15) is 5.54 Å². The lowest BCUT2D eigenvalue weighted by Crippen LogP contribution is -2.61. The summed E-state index contributed by atoms with van der Waals surface area (Å²) in [6.45, 7) is 4.48. The van der Waals surface area contributed by atoms with Gasteiger partial charge in [0, 0.05) is 39.5 Å². The number of carbonyl (C=O) groups excluding carboxylic acids is 1. The second kappa shape index (κ2) is 9.11. The standard InChI is InChI=1S/C19H26FN7O3/c1-29-11-10-27-18(22-23-24-27)19(26-8-12-30-13-9-26)5-3-7-25(14-19)17(28)16-15(20)4-2-6-21-16/h2,4,6H,3,5,7-14H2,1H3. The highest BCUT2D eigenvalue weighted by atomic mass is 19.1. The number of hydrogen-bond donors (Lipinski definition) is 0. The Labute approximate surface area is 173 Å². The van der Waals surface area contributed by atoms with Crippen LogP contribution in [0.3, 0.4) is 0 Å². The van der Waals surface area contributed by atoms with Gasteiger partial charge >= 0.3 is 0 Å². The van der Waals surface area contributed by atoms with Crippen LogP contribution in [-0.2, 0) is 21.6 Å². The third-order valence-electron chi connectivity index (χ3n) is 5.79. The predicted molar refractivity (Wildman–Crippen MR) is 103 cm³/mol. The van der Waals surface area contributed by atoms with Gasteiger partial charge in [-0.1, -0.05) is 0 Å². The zero-order valence-corrected chi connectivity index (χ0v) is 17.0. The monoisotopic (exact) mass is 419 g/mol. The van der Waals surface area contributed by atoms with Crippen LogP contribution < -0.4 is 0 Å². The molecule has 2 saturated heterocycles. The third kappa shape index (κ3) is 3.92. The number of ether oxygens (including phenoxy) is 2. The van der Waals surface area contributed by atoms with E-state index in [1.54, 1.807) is 16.7 Å². The molecule has 30 heavy (non-hydrogen) atoms. The smallest absolute Gasteiger partial charge is 0.275 e. The Bertz CT molecular complexity index is 873. The highest BCUT2D eigenvalue weighted by Gasteiger charge is 2.48. The van der Waals surface area contributed by atoms with E-state index in [0.29, 0.717) is 58.4 Å². The van der Waals surface area contributed by atoms with E-state index in [1.165, 1.54) is 18.3 Å². The molecule has 1 amide bonds. The number of likely N-dealkylation sites (tertiary alicyclic amines) is 1. The molecule has 0 spiro atoms. The lowest BCUT2D eigenvalue weighted by molar-refractivity contribution is -0.0574. The molecule has 0 radical (unpaired) electrons. The van der Waals surface area contributed by atoms with Crippen LogP contribution >= 0.6 is 0 Å². The highest BCUT2D eigenvalue weighted by Crippen LogP contribution is 2.37. The van der Waals surface area contributed by atoms with Gasteiger partial charge in [0.2, 0.25) is 0 Å². The van der Waals surface area contributed by atoms with Gasteiger partial charge in [0.25, 0.3) is 5.91 Å². The summed E-state index contributed by atoms with van der Waals surface area (Å²) in [4.78, 5) is 21.0. The molecular weight excluding hydrogens is 393 g/mol. The minimum Gasteiger partial charge on any atom is -0.383 e. The maximum absolute atomic E-state index is 14.2. The van der Waals surface area contributed by atoms with Crippen molar-refractivity contribution in [3.05, 3.63) is 35.7 Å². The summed E-state index contributed by atoms with van der Waals surface area (Å²) in [6, 6.07) is 2.73. The van der Waals surface area contributed by atoms with Crippen LogP contribution in [0.2, 0.25) is 0 Å². The number of hydrogen-bond acceptors (Lipinski definition) is 8. The average Bonchev–Trinajstić information content (AvgIpc) is 3.27. The third-order valence-corrected chi connectivity index (χ3v) is 5.79. The molecule has 2 aliphatic heterocycles. The summed E-state index contributed by atoms with van der Waals surface area (Å²) in [5.74, 6) is -0.336. The van der Waals surface area contributed by atoms with Crippen LogP contribution in [0.25, 0.3) is 0 Å². The van der Waals surface area contributed by atoms with E-state index in [2.05, 4.69) is 25.4 Å². The number of nitrogens with zero attached hydrogens (tertiary/aromatic N) is 7. The molecule has 4 heterocycles. The van der Waals surface area contributed by atoms with Crippen molar-refractivity contribution in [2.75, 3.05) is 53.1 Å². The number of aromatic nitrogens is 5. The molecule has 1 unspecified atom stereocenters. The normalized spacial score (nSPS) is 22.9. The fraction of sp³-hybridized carbons (Fsp3) is 0.632. The van der Waals surface area contributed by atoms with Crippen LogP contribution in [0, 0.1) is 5.82 Å². The first-order chi connectivity index (χ1) is 14.7. The summed E-state index contributed by atoms with van der Waals surface area (Å²) < 4.78 is 26.7. The number of pyridine rings is 1. The summed E-state index contributed by atoms with van der Waals surface area (Å²) in [5.41, 5.74) is -0.741. The van der Waals surface area contributed by atoms with Crippen LogP contribution in [0.1, 0.15) is 29.2 Å². The Hall–Kier alpha value is -2.50. The van der Waals surface area contributed by atoms with Gasteiger partial charge in [-0.05, 0) is 35.4 Å². The molecule has 0 aromatic carbocycles. The summed E-state index contributed by atoms with van der Waals surface area (Å²) in [5, 5.41) is 12.4. The average molecular weight is 419 g/mol. The van der Waals surface area contributed by atoms with Crippen molar-refractivity contribution in [2.45, 2.75) is 24.9 Å². The molecular formula is C19H26FN7O3. The van der Waals surface area contributed by atoms with Gasteiger partial charge in [-0.15, -0.1) is 5.10 Å². The molecule has 11 heteroatoms. The zero-order chi connectivity index (χ0) is 21.0. The highest BCUT2D eigenvalue weighted by molar-refractivity contribution is 5.92. The number of methoxy groups -OCH3 is 1. The van der Waals surface area contributed by atoms with Crippen molar-refractivity contribution < 1.29 is 18.7 Å². The molecule has 1 atom stereocenters. The molecule has 10 nitrogen and oxygen atoms in total. The van der Waals surface area contributed by atoms with Crippen LogP contribution in [0.5, 0.6) is 0 Å². The Morgan fingerprint density at radius 2 is 2.17 bits per heavy atom. The quantitative estimate of drug-likeness (QED) is 0.660. The first-order valence-corrected chi connectivity index (χ1v) is 10.1. The van der Waals surface area contributed by atoms with Gasteiger partial charge in [-0.2, -0.15) is 0 Å². The minimum atomic E-state index is -0.616. The van der Waals surface area contributed by atoms with Crippen molar-refractivity contribution in [1.82, 2.24) is 35.0 Å². The van der Waals surface area contributed by atoms with Crippen molar-refractivity contribution in [2.24, 2.45) is 0 Å².